The van der Waals surface area contributed by atoms with Gasteiger partial charge in [-0.3, -0.25) is 9.59 Å². The maximum atomic E-state index is 12.9. The summed E-state index contributed by atoms with van der Waals surface area (Å²) < 4.78 is 22.9. The molecule has 0 saturated carbocycles. The third-order valence-electron chi connectivity index (χ3n) is 13.7. The van der Waals surface area contributed by atoms with E-state index in [0.717, 1.165) is 77.0 Å². The second kappa shape index (κ2) is 61.8. The van der Waals surface area contributed by atoms with E-state index >= 15 is 0 Å². The van der Waals surface area contributed by atoms with Gasteiger partial charge in [-0.1, -0.05) is 264 Å². The molecule has 9 nitrogen and oxygen atoms in total. The molecule has 0 aromatic heterocycles. The summed E-state index contributed by atoms with van der Waals surface area (Å²) in [5, 5.41) is 9.73. The van der Waals surface area contributed by atoms with Crippen molar-refractivity contribution < 1.29 is 42.9 Å². The fourth-order valence-electron chi connectivity index (χ4n) is 8.72. The van der Waals surface area contributed by atoms with Crippen molar-refractivity contribution in [1.82, 2.24) is 0 Å². The van der Waals surface area contributed by atoms with Crippen LogP contribution in [-0.2, 0) is 33.3 Å². The van der Waals surface area contributed by atoms with Gasteiger partial charge in [0.25, 0.3) is 6.29 Å². The Bertz CT molecular complexity index is 1740. The maximum absolute atomic E-state index is 12.9. The number of carbonyl (C=O) groups excluding carboxylic acids is 2. The normalized spacial score (nSPS) is 13.5. The summed E-state index contributed by atoms with van der Waals surface area (Å²) >= 11 is 0. The standard InChI is InChI=1S/C72H121NO8/c1-6-8-10-12-14-16-18-20-22-24-26-28-30-32-34-35-37-39-41-43-45-47-49-51-53-55-57-59-61-63-70(75)81-68(67-80-72(71(76)77)78-65-64-73(3,4)5)66-79-69(74)62-60-58-56-54-52-50-48-46-44-42-40-38-36-33-31-29-27-25-23-21-19-17-15-13-11-9-7-2/h8,10,14,16,20,22,25-28,32,34,37,39,43,45,49,51,55,57,68,72H,6-7,9,11-13,15,17-19,21,23-24,29-31,33,35-36,38,40-42,44,46-48,50,52-54,56,58-67H2,1-5H3/p+1/b10-8-,16-14-,22-20-,27-25-,28-26-,34-32-,39-37-,45-43-,51-49-,57-55-. The second-order valence-electron chi connectivity index (χ2n) is 22.7. The first-order chi connectivity index (χ1) is 39.6. The topological polar surface area (TPSA) is 108 Å². The molecule has 0 aliphatic carbocycles. The van der Waals surface area contributed by atoms with E-state index in [2.05, 4.69) is 135 Å². The number of esters is 2. The number of carboxylic acid groups (broad SMARTS) is 1. The van der Waals surface area contributed by atoms with E-state index in [1.165, 1.54) is 141 Å². The zero-order valence-corrected chi connectivity index (χ0v) is 52.7. The average molecular weight is 1130 g/mol. The van der Waals surface area contributed by atoms with Gasteiger partial charge in [-0.25, -0.2) is 4.79 Å². The molecular weight excluding hydrogens is 1010 g/mol. The lowest BCUT2D eigenvalue weighted by molar-refractivity contribution is -0.870. The molecule has 462 valence electrons. The summed E-state index contributed by atoms with van der Waals surface area (Å²) in [6.45, 7) is 4.70. The monoisotopic (exact) mass is 1130 g/mol. The molecule has 0 radical (unpaired) electrons. The number of hydrogen-bond acceptors (Lipinski definition) is 7. The van der Waals surface area contributed by atoms with Crippen molar-refractivity contribution in [3.63, 3.8) is 0 Å². The third-order valence-corrected chi connectivity index (χ3v) is 13.7. The van der Waals surface area contributed by atoms with Gasteiger partial charge in [0.15, 0.2) is 6.10 Å². The predicted octanol–water partition coefficient (Wildman–Crippen LogP) is 20.0. The number of unbranched alkanes of at least 4 members (excludes halogenated alkanes) is 24. The molecule has 0 heterocycles. The number of carbonyl (C=O) groups is 3. The predicted molar refractivity (Wildman–Crippen MR) is 345 cm³/mol. The van der Waals surface area contributed by atoms with Gasteiger partial charge in [0.2, 0.25) is 0 Å². The lowest BCUT2D eigenvalue weighted by atomic mass is 10.0. The van der Waals surface area contributed by atoms with Crippen LogP contribution in [0, 0.1) is 0 Å². The fraction of sp³-hybridized carbons (Fsp3) is 0.681. The highest BCUT2D eigenvalue weighted by molar-refractivity contribution is 5.71. The van der Waals surface area contributed by atoms with Crippen molar-refractivity contribution in [3.05, 3.63) is 122 Å². The average Bonchev–Trinajstić information content (AvgIpc) is 3.44. The quantitative estimate of drug-likeness (QED) is 0.0211. The first-order valence-electron chi connectivity index (χ1n) is 32.7. The van der Waals surface area contributed by atoms with Crippen LogP contribution in [0.15, 0.2) is 122 Å². The molecule has 81 heavy (non-hydrogen) atoms. The molecular formula is C72H122NO8+. The Morgan fingerprint density at radius 3 is 1.10 bits per heavy atom. The van der Waals surface area contributed by atoms with Crippen LogP contribution in [-0.4, -0.2) is 87.4 Å². The number of allylic oxidation sites excluding steroid dienone is 20. The van der Waals surface area contributed by atoms with Gasteiger partial charge < -0.3 is 28.5 Å². The second-order valence-corrected chi connectivity index (χ2v) is 22.7. The van der Waals surface area contributed by atoms with Gasteiger partial charge >= 0.3 is 17.9 Å². The Hall–Kier alpha value is -4.31. The molecule has 0 fully saturated rings. The molecule has 0 aliphatic heterocycles. The molecule has 0 aromatic rings. The van der Waals surface area contributed by atoms with E-state index in [-0.39, 0.29) is 38.6 Å². The van der Waals surface area contributed by atoms with Crippen LogP contribution in [0.4, 0.5) is 0 Å². The molecule has 2 atom stereocenters. The highest BCUT2D eigenvalue weighted by atomic mass is 16.7. The zero-order valence-electron chi connectivity index (χ0n) is 52.7. The molecule has 0 spiro atoms. The molecule has 1 N–H and O–H groups in total. The number of carboxylic acids is 1. The van der Waals surface area contributed by atoms with Crippen LogP contribution in [0.5, 0.6) is 0 Å². The summed E-state index contributed by atoms with van der Waals surface area (Å²) in [7, 11) is 5.95. The van der Waals surface area contributed by atoms with E-state index in [0.29, 0.717) is 23.9 Å². The van der Waals surface area contributed by atoms with E-state index in [9.17, 15) is 19.5 Å². The van der Waals surface area contributed by atoms with Crippen molar-refractivity contribution >= 4 is 17.9 Å². The fourth-order valence-corrected chi connectivity index (χ4v) is 8.72. The van der Waals surface area contributed by atoms with Crippen LogP contribution < -0.4 is 0 Å². The Kier molecular flexibility index (Phi) is 58.5. The van der Waals surface area contributed by atoms with Crippen molar-refractivity contribution in [2.24, 2.45) is 0 Å². The van der Waals surface area contributed by atoms with Gasteiger partial charge in [-0.05, 0) is 103 Å². The molecule has 9 heteroatoms. The van der Waals surface area contributed by atoms with Crippen molar-refractivity contribution in [3.8, 4) is 0 Å². The number of aliphatic carboxylic acids is 1. The van der Waals surface area contributed by atoms with Crippen molar-refractivity contribution in [2.75, 3.05) is 47.5 Å². The highest BCUT2D eigenvalue weighted by Gasteiger charge is 2.25. The van der Waals surface area contributed by atoms with Crippen molar-refractivity contribution in [1.29, 1.82) is 0 Å². The Morgan fingerprint density at radius 2 is 0.716 bits per heavy atom. The smallest absolute Gasteiger partial charge is 0.361 e. The van der Waals surface area contributed by atoms with Crippen LogP contribution in [0.1, 0.15) is 258 Å². The van der Waals surface area contributed by atoms with Gasteiger partial charge in [-0.2, -0.15) is 0 Å². The maximum Gasteiger partial charge on any atom is 0.361 e. The summed E-state index contributed by atoms with van der Waals surface area (Å²) in [5.74, 6) is -2.09. The van der Waals surface area contributed by atoms with E-state index in [1.54, 1.807) is 0 Å². The number of rotatable bonds is 59. The number of ether oxygens (including phenoxy) is 4. The lowest BCUT2D eigenvalue weighted by Crippen LogP contribution is -2.40. The van der Waals surface area contributed by atoms with Gasteiger partial charge in [0, 0.05) is 12.8 Å². The molecule has 0 bridgehead atoms. The highest BCUT2D eigenvalue weighted by Crippen LogP contribution is 2.16. The Morgan fingerprint density at radius 1 is 0.383 bits per heavy atom. The Labute approximate surface area is 497 Å². The van der Waals surface area contributed by atoms with Crippen LogP contribution in [0.3, 0.4) is 0 Å². The summed E-state index contributed by atoms with van der Waals surface area (Å²) in [5.41, 5.74) is 0. The zero-order chi connectivity index (χ0) is 59.1. The van der Waals surface area contributed by atoms with E-state index < -0.39 is 24.3 Å². The minimum atomic E-state index is -1.53. The first kappa shape index (κ1) is 76.7. The van der Waals surface area contributed by atoms with E-state index in [1.807, 2.05) is 21.1 Å². The largest absolute Gasteiger partial charge is 0.477 e. The minimum Gasteiger partial charge on any atom is -0.477 e. The van der Waals surface area contributed by atoms with Gasteiger partial charge in [0.1, 0.15) is 13.2 Å². The van der Waals surface area contributed by atoms with Gasteiger partial charge in [0.05, 0.1) is 34.4 Å². The van der Waals surface area contributed by atoms with Crippen LogP contribution in [0.2, 0.25) is 0 Å². The number of quaternary nitrogens is 1. The number of hydrogen-bond donors (Lipinski definition) is 1. The van der Waals surface area contributed by atoms with Crippen molar-refractivity contribution in [2.45, 2.75) is 270 Å². The molecule has 0 rings (SSSR count). The summed E-state index contributed by atoms with van der Waals surface area (Å²) in [4.78, 5) is 37.5. The third kappa shape index (κ3) is 63.1. The summed E-state index contributed by atoms with van der Waals surface area (Å²) in [6, 6.07) is 0. The molecule has 0 aliphatic rings. The first-order valence-corrected chi connectivity index (χ1v) is 32.7. The lowest BCUT2D eigenvalue weighted by Gasteiger charge is -2.25. The van der Waals surface area contributed by atoms with E-state index in [4.69, 9.17) is 18.9 Å². The molecule has 0 aromatic carbocycles. The van der Waals surface area contributed by atoms with Crippen LogP contribution >= 0.6 is 0 Å². The number of likely N-dealkylation sites (N-methyl/N-ethyl adjacent to an activating group) is 1. The minimum absolute atomic E-state index is 0.171. The summed E-state index contributed by atoms with van der Waals surface area (Å²) in [6.07, 6.45) is 84.5. The number of nitrogens with zero attached hydrogens (tertiary/aromatic N) is 1. The molecule has 0 saturated heterocycles. The molecule has 0 amide bonds. The molecule has 2 unspecified atom stereocenters. The Balaban J connectivity index is 4.30. The SMILES string of the molecule is CC/C=C\C/C=C\C/C=C\C/C=C\C/C=C\C/C=C\C/C=C\C/C=C\C/C=C\CCCC(=O)OC(COC(=O)CCCCCCCCCCCCCCCCC/C=C\CCCCCCCCCC)COC(OCC[N+](C)(C)C)C(=O)O. The van der Waals surface area contributed by atoms with Gasteiger partial charge in [-0.15, -0.1) is 0 Å². The van der Waals surface area contributed by atoms with Crippen LogP contribution in [0.25, 0.3) is 0 Å².